The Labute approximate surface area is 104 Å². The van der Waals surface area contributed by atoms with Crippen LogP contribution < -0.4 is 5.32 Å². The van der Waals surface area contributed by atoms with Crippen molar-refractivity contribution in [3.63, 3.8) is 0 Å². The summed E-state index contributed by atoms with van der Waals surface area (Å²) in [6.07, 6.45) is 3.98. The zero-order valence-corrected chi connectivity index (χ0v) is 11.4. The van der Waals surface area contributed by atoms with Gasteiger partial charge in [0.2, 0.25) is 5.89 Å². The van der Waals surface area contributed by atoms with E-state index in [4.69, 9.17) is 4.42 Å². The predicted octanol–water partition coefficient (Wildman–Crippen LogP) is 3.21. The highest BCUT2D eigenvalue weighted by Crippen LogP contribution is 2.28. The Balaban J connectivity index is 1.88. The van der Waals surface area contributed by atoms with Crippen LogP contribution in [0.4, 0.5) is 0 Å². The molecule has 96 valence electrons. The van der Waals surface area contributed by atoms with Gasteiger partial charge in [-0.15, -0.1) is 0 Å². The van der Waals surface area contributed by atoms with Gasteiger partial charge >= 0.3 is 0 Å². The summed E-state index contributed by atoms with van der Waals surface area (Å²) in [5.74, 6) is 3.37. The lowest BCUT2D eigenvalue weighted by Crippen LogP contribution is -2.39. The first-order valence-electron chi connectivity index (χ1n) is 6.72. The summed E-state index contributed by atoms with van der Waals surface area (Å²) >= 11 is 0. The van der Waals surface area contributed by atoms with Crippen molar-refractivity contribution in [2.75, 3.05) is 0 Å². The lowest BCUT2D eigenvalue weighted by Gasteiger charge is -2.33. The smallest absolute Gasteiger partial charge is 0.208 e. The van der Waals surface area contributed by atoms with Crippen molar-refractivity contribution in [2.45, 2.75) is 59.5 Å². The third-order valence-electron chi connectivity index (χ3n) is 4.05. The summed E-state index contributed by atoms with van der Waals surface area (Å²) in [5.41, 5.74) is 1.01. The Bertz CT molecular complexity index is 353. The van der Waals surface area contributed by atoms with Crippen LogP contribution >= 0.6 is 0 Å². The molecular formula is C14H24N2O. The molecule has 3 heteroatoms. The van der Waals surface area contributed by atoms with Crippen LogP contribution in [0.2, 0.25) is 0 Å². The fraction of sp³-hybridized carbons (Fsp3) is 0.786. The summed E-state index contributed by atoms with van der Waals surface area (Å²) in [7, 11) is 0. The molecule has 0 spiro atoms. The van der Waals surface area contributed by atoms with Gasteiger partial charge in [0.1, 0.15) is 5.76 Å². The van der Waals surface area contributed by atoms with Crippen LogP contribution in [-0.4, -0.2) is 11.0 Å². The second-order valence-corrected chi connectivity index (χ2v) is 5.63. The van der Waals surface area contributed by atoms with E-state index in [0.29, 0.717) is 6.04 Å². The largest absolute Gasteiger partial charge is 0.444 e. The molecule has 17 heavy (non-hydrogen) atoms. The summed E-state index contributed by atoms with van der Waals surface area (Å²) < 4.78 is 5.59. The molecule has 1 aliphatic carbocycles. The van der Waals surface area contributed by atoms with Crippen molar-refractivity contribution in [3.8, 4) is 0 Å². The van der Waals surface area contributed by atoms with Crippen molar-refractivity contribution in [2.24, 2.45) is 11.8 Å². The van der Waals surface area contributed by atoms with Crippen LogP contribution in [0.3, 0.4) is 0 Å². The highest BCUT2D eigenvalue weighted by molar-refractivity contribution is 5.05. The van der Waals surface area contributed by atoms with Crippen LogP contribution in [0.1, 0.15) is 50.5 Å². The van der Waals surface area contributed by atoms with Gasteiger partial charge in [0.25, 0.3) is 0 Å². The summed E-state index contributed by atoms with van der Waals surface area (Å²) in [5, 5.41) is 3.60. The second kappa shape index (κ2) is 5.21. The molecule has 1 N–H and O–H groups in total. The zero-order valence-electron chi connectivity index (χ0n) is 11.4. The van der Waals surface area contributed by atoms with Crippen molar-refractivity contribution < 1.29 is 4.42 Å². The molecule has 0 aromatic carbocycles. The van der Waals surface area contributed by atoms with Crippen LogP contribution in [0.5, 0.6) is 0 Å². The lowest BCUT2D eigenvalue weighted by atomic mass is 9.80. The Kier molecular flexibility index (Phi) is 3.87. The average molecular weight is 236 g/mol. The third kappa shape index (κ3) is 3.09. The number of hydrogen-bond acceptors (Lipinski definition) is 3. The molecule has 0 saturated heterocycles. The number of nitrogens with one attached hydrogen (secondary N) is 1. The number of aromatic nitrogens is 1. The highest BCUT2D eigenvalue weighted by atomic mass is 16.4. The minimum atomic E-state index is 0.617. The average Bonchev–Trinajstić information content (AvgIpc) is 2.60. The number of hydrogen-bond donors (Lipinski definition) is 1. The maximum absolute atomic E-state index is 5.59. The molecule has 0 bridgehead atoms. The van der Waals surface area contributed by atoms with Crippen LogP contribution in [0, 0.1) is 25.7 Å². The Morgan fingerprint density at radius 3 is 2.71 bits per heavy atom. The van der Waals surface area contributed by atoms with E-state index in [9.17, 15) is 0 Å². The Morgan fingerprint density at radius 2 is 2.06 bits per heavy atom. The summed E-state index contributed by atoms with van der Waals surface area (Å²) in [6.45, 7) is 9.41. The fourth-order valence-electron chi connectivity index (χ4n) is 2.65. The van der Waals surface area contributed by atoms with E-state index in [0.717, 1.165) is 35.7 Å². The third-order valence-corrected chi connectivity index (χ3v) is 4.05. The molecule has 2 rings (SSSR count). The number of aryl methyl sites for hydroxylation is 2. The van der Waals surface area contributed by atoms with Gasteiger partial charge in [0, 0.05) is 6.04 Å². The Morgan fingerprint density at radius 1 is 1.29 bits per heavy atom. The van der Waals surface area contributed by atoms with E-state index in [1.807, 2.05) is 13.8 Å². The molecule has 1 aliphatic rings. The molecular weight excluding hydrogens is 212 g/mol. The quantitative estimate of drug-likeness (QED) is 0.875. The summed E-state index contributed by atoms with van der Waals surface area (Å²) in [6, 6.07) is 0.617. The predicted molar refractivity (Wildman–Crippen MR) is 68.8 cm³/mol. The molecule has 3 unspecified atom stereocenters. The monoisotopic (exact) mass is 236 g/mol. The van der Waals surface area contributed by atoms with Gasteiger partial charge in [-0.3, -0.25) is 0 Å². The molecule has 1 aromatic rings. The van der Waals surface area contributed by atoms with Crippen LogP contribution in [-0.2, 0) is 6.54 Å². The van der Waals surface area contributed by atoms with E-state index >= 15 is 0 Å². The maximum atomic E-state index is 5.59. The molecule has 1 heterocycles. The zero-order chi connectivity index (χ0) is 12.4. The molecule has 3 nitrogen and oxygen atoms in total. The first-order chi connectivity index (χ1) is 8.06. The van der Waals surface area contributed by atoms with Gasteiger partial charge in [0.05, 0.1) is 12.2 Å². The van der Waals surface area contributed by atoms with Crippen molar-refractivity contribution >= 4 is 0 Å². The summed E-state index contributed by atoms with van der Waals surface area (Å²) in [4.78, 5) is 4.41. The second-order valence-electron chi connectivity index (χ2n) is 5.63. The van der Waals surface area contributed by atoms with Gasteiger partial charge in [0.15, 0.2) is 0 Å². The van der Waals surface area contributed by atoms with Gasteiger partial charge in [-0.1, -0.05) is 20.3 Å². The van der Waals surface area contributed by atoms with E-state index in [1.54, 1.807) is 0 Å². The van der Waals surface area contributed by atoms with E-state index in [2.05, 4.69) is 24.1 Å². The van der Waals surface area contributed by atoms with Gasteiger partial charge < -0.3 is 9.73 Å². The standard InChI is InChI=1S/C14H24N2O/c1-9-5-6-10(2)13(7-9)15-8-14-16-11(3)12(4)17-14/h9-10,13,15H,5-8H2,1-4H3. The van der Waals surface area contributed by atoms with Crippen molar-refractivity contribution in [1.29, 1.82) is 0 Å². The van der Waals surface area contributed by atoms with Gasteiger partial charge in [-0.05, 0) is 38.5 Å². The molecule has 1 aromatic heterocycles. The maximum Gasteiger partial charge on any atom is 0.208 e. The molecule has 0 radical (unpaired) electrons. The molecule has 1 fully saturated rings. The minimum absolute atomic E-state index is 0.617. The van der Waals surface area contributed by atoms with E-state index < -0.39 is 0 Å². The van der Waals surface area contributed by atoms with Crippen molar-refractivity contribution in [1.82, 2.24) is 10.3 Å². The topological polar surface area (TPSA) is 38.1 Å². The first kappa shape index (κ1) is 12.6. The molecule has 1 saturated carbocycles. The van der Waals surface area contributed by atoms with Gasteiger partial charge in [-0.25, -0.2) is 4.98 Å². The molecule has 3 atom stereocenters. The van der Waals surface area contributed by atoms with E-state index in [-0.39, 0.29) is 0 Å². The Hall–Kier alpha value is -0.830. The molecule has 0 amide bonds. The fourth-order valence-corrected chi connectivity index (χ4v) is 2.65. The molecule has 0 aliphatic heterocycles. The van der Waals surface area contributed by atoms with Crippen molar-refractivity contribution in [3.05, 3.63) is 17.3 Å². The van der Waals surface area contributed by atoms with Gasteiger partial charge in [-0.2, -0.15) is 0 Å². The normalized spacial score (nSPS) is 29.5. The highest BCUT2D eigenvalue weighted by Gasteiger charge is 2.25. The van der Waals surface area contributed by atoms with Crippen LogP contribution in [0.15, 0.2) is 4.42 Å². The lowest BCUT2D eigenvalue weighted by molar-refractivity contribution is 0.222. The SMILES string of the molecule is Cc1nc(CNC2CC(C)CCC2C)oc1C. The minimum Gasteiger partial charge on any atom is -0.444 e. The number of oxazole rings is 1. The number of rotatable bonds is 3. The first-order valence-corrected chi connectivity index (χ1v) is 6.72. The van der Waals surface area contributed by atoms with E-state index in [1.165, 1.54) is 19.3 Å². The number of nitrogens with zero attached hydrogens (tertiary/aromatic N) is 1. The van der Waals surface area contributed by atoms with Crippen LogP contribution in [0.25, 0.3) is 0 Å².